The number of nitrogens with zero attached hydrogens (tertiary/aromatic N) is 2. The van der Waals surface area contributed by atoms with Crippen molar-refractivity contribution in [1.82, 2.24) is 9.13 Å². The van der Waals surface area contributed by atoms with E-state index in [0.29, 0.717) is 0 Å². The van der Waals surface area contributed by atoms with Crippen LogP contribution in [0, 0.1) is 41.7 Å². The Morgan fingerprint density at radius 2 is 0.609 bits per heavy atom. The van der Waals surface area contributed by atoms with E-state index in [9.17, 15) is 0 Å². The van der Waals surface area contributed by atoms with Crippen molar-refractivity contribution in [2.75, 3.05) is 0 Å². The van der Waals surface area contributed by atoms with E-state index in [1.165, 1.54) is 126 Å². The van der Waals surface area contributed by atoms with Crippen LogP contribution in [0.2, 0.25) is 0 Å². The predicted octanol–water partition coefficient (Wildman–Crippen LogP) is 16.1. The van der Waals surface area contributed by atoms with Gasteiger partial charge in [-0.2, -0.15) is 0 Å². The van der Waals surface area contributed by atoms with Crippen molar-refractivity contribution >= 4 is 107 Å². The fourth-order valence-electron chi connectivity index (χ4n) is 11.3. The maximum atomic E-state index is 2.47. The molecule has 296 valence electrons. The second-order valence-corrected chi connectivity index (χ2v) is 19.2. The van der Waals surface area contributed by atoms with E-state index in [1.807, 2.05) is 22.7 Å². The summed E-state index contributed by atoms with van der Waals surface area (Å²) in [6.45, 7) is 0. The number of hydrogen-bond acceptors (Lipinski definition) is 2. The number of aromatic nitrogens is 2. The van der Waals surface area contributed by atoms with E-state index < -0.39 is 0 Å². The summed E-state index contributed by atoms with van der Waals surface area (Å²) in [6.07, 6.45) is 0. The normalized spacial score (nSPS) is 12.4. The van der Waals surface area contributed by atoms with Crippen LogP contribution in [0.5, 0.6) is 0 Å². The summed E-state index contributed by atoms with van der Waals surface area (Å²) in [5.41, 5.74) is 7.15. The van der Waals surface area contributed by atoms with Crippen molar-refractivity contribution in [2.45, 2.75) is 0 Å². The molecule has 0 atom stereocenters. The zero-order valence-electron chi connectivity index (χ0n) is 34.3. The van der Waals surface area contributed by atoms with Gasteiger partial charge in [0.25, 0.3) is 0 Å². The Labute approximate surface area is 373 Å². The van der Waals surface area contributed by atoms with E-state index in [1.54, 1.807) is 0 Å². The third-order valence-electron chi connectivity index (χ3n) is 13.9. The molecule has 0 saturated heterocycles. The first-order valence-corrected chi connectivity index (χ1v) is 23.6. The van der Waals surface area contributed by atoms with Crippen LogP contribution in [0.1, 0.15) is 0 Å². The van der Waals surface area contributed by atoms with Crippen LogP contribution < -0.4 is 0 Å². The number of rotatable bonds is 2. The van der Waals surface area contributed by atoms with Gasteiger partial charge in [-0.05, 0) is 81.5 Å². The topological polar surface area (TPSA) is 9.86 Å². The minimum atomic E-state index is 1.16. The molecule has 2 nitrogen and oxygen atoms in total. The Balaban J connectivity index is 1.37. The van der Waals surface area contributed by atoms with E-state index in [0.717, 1.165) is 11.4 Å². The van der Waals surface area contributed by atoms with Gasteiger partial charge < -0.3 is 9.13 Å². The predicted molar refractivity (Wildman–Crippen MR) is 271 cm³/mol. The first kappa shape index (κ1) is 34.8. The number of benzene rings is 10. The Hall–Kier alpha value is -7.76. The summed E-state index contributed by atoms with van der Waals surface area (Å²) in [7, 11) is 0. The fraction of sp³-hybridized carbons (Fsp3) is 0. The quantitative estimate of drug-likeness (QED) is 0.164. The van der Waals surface area contributed by atoms with Gasteiger partial charge in [0.15, 0.2) is 0 Å². The molecule has 0 bridgehead atoms. The zero-order chi connectivity index (χ0) is 41.6. The molecule has 1 aliphatic carbocycles. The number of hydrogen-bond donors (Lipinski definition) is 0. The van der Waals surface area contributed by atoms with Crippen LogP contribution in [-0.4, -0.2) is 9.13 Å². The summed E-state index contributed by atoms with van der Waals surface area (Å²) >= 11 is 3.87. The number of para-hydroxylation sites is 4. The van der Waals surface area contributed by atoms with Crippen LogP contribution in [0.3, 0.4) is 0 Å². The largest absolute Gasteiger partial charge is 0.309 e. The first-order valence-electron chi connectivity index (χ1n) is 21.9. The van der Waals surface area contributed by atoms with Crippen molar-refractivity contribution < 1.29 is 0 Å². The fourth-order valence-corrected chi connectivity index (χ4v) is 13.8. The highest BCUT2D eigenvalue weighted by Crippen LogP contribution is 2.42. The Morgan fingerprint density at radius 3 is 1.06 bits per heavy atom. The maximum Gasteiger partial charge on any atom is 0.0547 e. The maximum absolute atomic E-state index is 2.47. The van der Waals surface area contributed by atoms with Crippen LogP contribution in [0.15, 0.2) is 206 Å². The molecule has 1 aliphatic rings. The highest BCUT2D eigenvalue weighted by atomic mass is 32.1. The molecule has 0 fully saturated rings. The molecule has 0 saturated carbocycles. The van der Waals surface area contributed by atoms with Crippen LogP contribution >= 0.6 is 22.7 Å². The highest BCUT2D eigenvalue weighted by Gasteiger charge is 2.21. The van der Waals surface area contributed by atoms with Crippen molar-refractivity contribution in [3.05, 3.63) is 248 Å². The molecule has 0 aliphatic heterocycles. The van der Waals surface area contributed by atoms with Crippen molar-refractivity contribution in [3.8, 4) is 11.4 Å². The minimum absolute atomic E-state index is 1.16. The summed E-state index contributed by atoms with van der Waals surface area (Å²) in [5.74, 6) is 0. The van der Waals surface area contributed by atoms with E-state index in [2.05, 4.69) is 215 Å². The second-order valence-electron chi connectivity index (χ2n) is 17.1. The molecule has 15 rings (SSSR count). The molecule has 4 heterocycles. The van der Waals surface area contributed by atoms with E-state index in [-0.39, 0.29) is 0 Å². The Bertz CT molecular complexity index is 4470. The Morgan fingerprint density at radius 1 is 0.250 bits per heavy atom. The number of fused-ring (bicyclic) bond motifs is 20. The minimum Gasteiger partial charge on any atom is -0.309 e. The third-order valence-corrected chi connectivity index (χ3v) is 16.3. The average Bonchev–Trinajstić information content (AvgIpc) is 4.11. The lowest BCUT2D eigenvalue weighted by molar-refractivity contribution is 1.18. The molecule has 10 aromatic carbocycles. The average molecular weight is 847 g/mol. The molecule has 4 heteroatoms. The van der Waals surface area contributed by atoms with E-state index >= 15 is 0 Å². The first-order chi connectivity index (χ1) is 31.8. The molecular weight excluding hydrogens is 813 g/mol. The van der Waals surface area contributed by atoms with Gasteiger partial charge in [-0.15, -0.1) is 22.7 Å². The van der Waals surface area contributed by atoms with Gasteiger partial charge in [-0.1, -0.05) is 146 Å². The molecule has 4 aromatic heterocycles. The van der Waals surface area contributed by atoms with Gasteiger partial charge in [0, 0.05) is 94.1 Å². The third kappa shape index (κ3) is 4.53. The van der Waals surface area contributed by atoms with Crippen LogP contribution in [0.25, 0.3) is 95.3 Å². The molecule has 64 heavy (non-hydrogen) atoms. The van der Waals surface area contributed by atoms with Gasteiger partial charge in [0.2, 0.25) is 0 Å². The van der Waals surface area contributed by atoms with Crippen molar-refractivity contribution in [2.24, 2.45) is 0 Å². The molecule has 14 aromatic rings. The lowest BCUT2D eigenvalue weighted by Gasteiger charge is -2.10. The van der Waals surface area contributed by atoms with Crippen molar-refractivity contribution in [3.63, 3.8) is 0 Å². The zero-order valence-corrected chi connectivity index (χ0v) is 36.0. The van der Waals surface area contributed by atoms with Crippen LogP contribution in [0.4, 0.5) is 0 Å². The smallest absolute Gasteiger partial charge is 0.0547 e. The lowest BCUT2D eigenvalue weighted by atomic mass is 9.95. The van der Waals surface area contributed by atoms with E-state index in [4.69, 9.17) is 0 Å². The molecule has 0 spiro atoms. The molecule has 0 amide bonds. The van der Waals surface area contributed by atoms with Crippen molar-refractivity contribution in [1.29, 1.82) is 0 Å². The molecule has 0 radical (unpaired) electrons. The summed E-state index contributed by atoms with van der Waals surface area (Å²) in [5, 5.41) is 20.6. The lowest BCUT2D eigenvalue weighted by Crippen LogP contribution is -1.95. The van der Waals surface area contributed by atoms with Gasteiger partial charge in [0.1, 0.15) is 0 Å². The van der Waals surface area contributed by atoms with Gasteiger partial charge >= 0.3 is 0 Å². The number of thiophene rings is 2. The Kier molecular flexibility index (Phi) is 7.01. The molecule has 0 unspecified atom stereocenters. The molecular formula is C60H34N2S2. The SMILES string of the molecule is c1ccc(-n2c3ccccc3c3c4c(ccc32)=c2ccc3c(c2=c2c(ccc5c2sc2ccccc25)=c2ccc5c(sc6ccccc65)c2=4)c2ccccc2n3-c2ccccc2)cc1. The van der Waals surface area contributed by atoms with Gasteiger partial charge in [-0.3, -0.25) is 0 Å². The van der Waals surface area contributed by atoms with Gasteiger partial charge in [-0.25, -0.2) is 0 Å². The highest BCUT2D eigenvalue weighted by molar-refractivity contribution is 7.26. The summed E-state index contributed by atoms with van der Waals surface area (Å²) < 4.78 is 10.2. The van der Waals surface area contributed by atoms with Crippen LogP contribution in [-0.2, 0) is 0 Å². The van der Waals surface area contributed by atoms with Gasteiger partial charge in [0.05, 0.1) is 22.1 Å². The monoisotopic (exact) mass is 846 g/mol. The standard InChI is InChI=1S/C60H34N2S2/c1-3-15-35(16-4-1)61-47-23-11-7-21-45(47)53-49(61)33-31-39-40-32-34-50-54(46-22-8-12-24-48(46)62(50)36-17-5-2-6-18-36)56(40)58-42(28-30-44-38-20-10-14-26-52(38)64-60(44)58)41-27-29-43-37-19-9-13-25-51(37)63-59(43)57(41)55(39)53/h1-34H. The summed E-state index contributed by atoms with van der Waals surface area (Å²) in [4.78, 5) is 0. The summed E-state index contributed by atoms with van der Waals surface area (Å²) in [6, 6.07) is 77.2. The molecule has 0 N–H and O–H groups in total. The second kappa shape index (κ2) is 12.9.